The molecule has 8 aromatic carbocycles. The van der Waals surface area contributed by atoms with Gasteiger partial charge < -0.3 is 9.47 Å². The number of fused-ring (bicyclic) bond motifs is 7. The zero-order valence-electron chi connectivity index (χ0n) is 26.6. The van der Waals surface area contributed by atoms with Crippen molar-refractivity contribution in [2.75, 3.05) is 4.90 Å². The second-order valence-electron chi connectivity index (χ2n) is 12.6. The monoisotopic (exact) mass is 642 g/mol. The molecule has 2 aromatic heterocycles. The Labute approximate surface area is 288 Å². The molecule has 0 atom stereocenters. The molecule has 10 rings (SSSR count). The fourth-order valence-corrected chi connectivity index (χ4v) is 8.74. The summed E-state index contributed by atoms with van der Waals surface area (Å²) >= 11 is 1.87. The number of hydrogen-bond donors (Lipinski definition) is 0. The maximum atomic E-state index is 2.44. The lowest BCUT2D eigenvalue weighted by molar-refractivity contribution is 1.18. The first-order valence-corrected chi connectivity index (χ1v) is 17.5. The molecule has 0 spiro atoms. The highest BCUT2D eigenvalue weighted by molar-refractivity contribution is 7.26. The van der Waals surface area contributed by atoms with E-state index in [-0.39, 0.29) is 0 Å². The number of aromatic nitrogens is 1. The summed E-state index contributed by atoms with van der Waals surface area (Å²) in [5, 5.41) is 7.58. The highest BCUT2D eigenvalue weighted by Crippen LogP contribution is 2.46. The molecule has 2 heterocycles. The van der Waals surface area contributed by atoms with Crippen molar-refractivity contribution in [1.29, 1.82) is 0 Å². The van der Waals surface area contributed by atoms with Gasteiger partial charge in [-0.25, -0.2) is 0 Å². The van der Waals surface area contributed by atoms with Crippen molar-refractivity contribution < 1.29 is 0 Å². The molecule has 0 saturated heterocycles. The fraction of sp³-hybridized carbons (Fsp3) is 0. The van der Waals surface area contributed by atoms with Gasteiger partial charge in [0.1, 0.15) is 0 Å². The van der Waals surface area contributed by atoms with Crippen LogP contribution in [0.1, 0.15) is 0 Å². The molecule has 0 bridgehead atoms. The van der Waals surface area contributed by atoms with Crippen LogP contribution in [0.25, 0.3) is 69.6 Å². The molecule has 0 unspecified atom stereocenters. The van der Waals surface area contributed by atoms with E-state index in [1.54, 1.807) is 0 Å². The first-order valence-electron chi connectivity index (χ1n) is 16.7. The van der Waals surface area contributed by atoms with Crippen molar-refractivity contribution in [3.8, 4) is 16.8 Å². The summed E-state index contributed by atoms with van der Waals surface area (Å²) in [6, 6.07) is 66.1. The van der Waals surface area contributed by atoms with Crippen LogP contribution in [-0.4, -0.2) is 4.57 Å². The second kappa shape index (κ2) is 11.2. The van der Waals surface area contributed by atoms with Crippen LogP contribution in [0.4, 0.5) is 17.1 Å². The van der Waals surface area contributed by atoms with E-state index in [9.17, 15) is 0 Å². The molecular weight excluding hydrogens is 613 g/mol. The summed E-state index contributed by atoms with van der Waals surface area (Å²) in [5.74, 6) is 0. The minimum absolute atomic E-state index is 1.13. The lowest BCUT2D eigenvalue weighted by Gasteiger charge is -2.27. The SMILES string of the molecule is c1ccc(-n2c3ccccc3c3cc(-c4ccc(N(c5cccc6ccccc56)c5cccc6c5sc5ccccc56)cc4)ccc32)cc1. The summed E-state index contributed by atoms with van der Waals surface area (Å²) in [5.41, 5.74) is 9.51. The third kappa shape index (κ3) is 4.47. The van der Waals surface area contributed by atoms with Crippen LogP contribution in [0, 0.1) is 0 Å². The molecule has 2 nitrogen and oxygen atoms in total. The lowest BCUT2D eigenvalue weighted by atomic mass is 10.0. The van der Waals surface area contributed by atoms with Gasteiger partial charge in [-0.15, -0.1) is 11.3 Å². The molecule has 0 aliphatic carbocycles. The Bertz CT molecular complexity index is 2820. The van der Waals surface area contributed by atoms with Crippen molar-refractivity contribution in [2.45, 2.75) is 0 Å². The first-order chi connectivity index (χ1) is 24.3. The van der Waals surface area contributed by atoms with E-state index in [0.29, 0.717) is 0 Å². The van der Waals surface area contributed by atoms with Gasteiger partial charge in [0.2, 0.25) is 0 Å². The van der Waals surface area contributed by atoms with Gasteiger partial charge >= 0.3 is 0 Å². The van der Waals surface area contributed by atoms with Gasteiger partial charge in [0.25, 0.3) is 0 Å². The van der Waals surface area contributed by atoms with Crippen LogP contribution < -0.4 is 4.90 Å². The summed E-state index contributed by atoms with van der Waals surface area (Å²) in [4.78, 5) is 2.44. The molecule has 49 heavy (non-hydrogen) atoms. The van der Waals surface area contributed by atoms with E-state index < -0.39 is 0 Å². The van der Waals surface area contributed by atoms with Gasteiger partial charge in [0, 0.05) is 43.0 Å². The molecule has 0 aliphatic heterocycles. The smallest absolute Gasteiger partial charge is 0.0640 e. The minimum Gasteiger partial charge on any atom is -0.309 e. The summed E-state index contributed by atoms with van der Waals surface area (Å²) < 4.78 is 4.97. The Balaban J connectivity index is 1.14. The van der Waals surface area contributed by atoms with Crippen LogP contribution in [0.3, 0.4) is 0 Å². The second-order valence-corrected chi connectivity index (χ2v) is 13.6. The Hall–Kier alpha value is -6.16. The molecule has 0 radical (unpaired) electrons. The van der Waals surface area contributed by atoms with Gasteiger partial charge in [-0.2, -0.15) is 0 Å². The lowest BCUT2D eigenvalue weighted by Crippen LogP contribution is -2.10. The summed E-state index contributed by atoms with van der Waals surface area (Å²) in [6.07, 6.45) is 0. The molecule has 0 aliphatic rings. The van der Waals surface area contributed by atoms with Crippen LogP contribution >= 0.6 is 11.3 Å². The molecule has 0 N–H and O–H groups in total. The molecular formula is C46H30N2S. The van der Waals surface area contributed by atoms with Gasteiger partial charge in [0.05, 0.1) is 27.1 Å². The number of anilines is 3. The standard InChI is InChI=1S/C46H30N2S/c1-2-14-34(15-3-1)47-42-20-8-6-17-37(42)40-30-33(26-29-43(40)47)31-24-27-35(28-25-31)48(41-21-10-13-32-12-4-5-16-36(32)41)44-22-11-19-39-38-18-7-9-23-45(38)49-46(39)44/h1-30H. The minimum atomic E-state index is 1.13. The third-order valence-electron chi connectivity index (χ3n) is 9.78. The van der Waals surface area contributed by atoms with Crippen molar-refractivity contribution in [3.63, 3.8) is 0 Å². The quantitative estimate of drug-likeness (QED) is 0.181. The Kier molecular flexibility index (Phi) is 6.39. The zero-order chi connectivity index (χ0) is 32.3. The van der Waals surface area contributed by atoms with Gasteiger partial charge in [-0.1, -0.05) is 121 Å². The van der Waals surface area contributed by atoms with E-state index in [1.165, 1.54) is 80.9 Å². The first kappa shape index (κ1) is 27.9. The van der Waals surface area contributed by atoms with Crippen molar-refractivity contribution >= 4 is 81.1 Å². The topological polar surface area (TPSA) is 8.17 Å². The maximum Gasteiger partial charge on any atom is 0.0640 e. The highest BCUT2D eigenvalue weighted by Gasteiger charge is 2.20. The third-order valence-corrected chi connectivity index (χ3v) is 11.0. The Morgan fingerprint density at radius 1 is 0.408 bits per heavy atom. The average molecular weight is 643 g/mol. The number of para-hydroxylation sites is 2. The predicted octanol–water partition coefficient (Wildman–Crippen LogP) is 13.4. The molecule has 10 aromatic rings. The Morgan fingerprint density at radius 2 is 1.04 bits per heavy atom. The average Bonchev–Trinajstić information content (AvgIpc) is 3.72. The van der Waals surface area contributed by atoms with Gasteiger partial charge in [-0.05, 0) is 77.2 Å². The molecule has 3 heteroatoms. The number of rotatable bonds is 5. The largest absolute Gasteiger partial charge is 0.309 e. The van der Waals surface area contributed by atoms with Gasteiger partial charge in [-0.3, -0.25) is 0 Å². The van der Waals surface area contributed by atoms with E-state index in [0.717, 1.165) is 5.69 Å². The molecule has 0 amide bonds. The van der Waals surface area contributed by atoms with E-state index >= 15 is 0 Å². The van der Waals surface area contributed by atoms with Crippen molar-refractivity contribution in [1.82, 2.24) is 4.57 Å². The highest BCUT2D eigenvalue weighted by atomic mass is 32.1. The fourth-order valence-electron chi connectivity index (χ4n) is 7.53. The van der Waals surface area contributed by atoms with Crippen LogP contribution in [0.5, 0.6) is 0 Å². The van der Waals surface area contributed by atoms with Crippen LogP contribution in [-0.2, 0) is 0 Å². The van der Waals surface area contributed by atoms with E-state index in [1.807, 2.05) is 11.3 Å². The summed E-state index contributed by atoms with van der Waals surface area (Å²) in [6.45, 7) is 0. The number of nitrogens with zero attached hydrogens (tertiary/aromatic N) is 2. The van der Waals surface area contributed by atoms with Gasteiger partial charge in [0.15, 0.2) is 0 Å². The van der Waals surface area contributed by atoms with Crippen LogP contribution in [0.15, 0.2) is 182 Å². The number of benzene rings is 8. The molecule has 0 saturated carbocycles. The van der Waals surface area contributed by atoms with Crippen molar-refractivity contribution in [2.24, 2.45) is 0 Å². The predicted molar refractivity (Wildman–Crippen MR) is 211 cm³/mol. The maximum absolute atomic E-state index is 2.44. The van der Waals surface area contributed by atoms with E-state index in [4.69, 9.17) is 0 Å². The molecule has 0 fully saturated rings. The van der Waals surface area contributed by atoms with Crippen LogP contribution in [0.2, 0.25) is 0 Å². The zero-order valence-corrected chi connectivity index (χ0v) is 27.4. The van der Waals surface area contributed by atoms with Crippen molar-refractivity contribution in [3.05, 3.63) is 182 Å². The number of thiophene rings is 1. The summed E-state index contributed by atoms with van der Waals surface area (Å²) in [7, 11) is 0. The normalized spacial score (nSPS) is 11.7. The number of hydrogen-bond acceptors (Lipinski definition) is 2. The van der Waals surface area contributed by atoms with E-state index in [2.05, 4.69) is 191 Å². The Morgan fingerprint density at radius 3 is 1.92 bits per heavy atom. The molecule has 230 valence electrons.